The summed E-state index contributed by atoms with van der Waals surface area (Å²) in [4.78, 5) is 35.0. The Morgan fingerprint density at radius 3 is 1.98 bits per heavy atom. The molecule has 0 fully saturated rings. The lowest BCUT2D eigenvalue weighted by Gasteiger charge is -2.25. The number of amides is 1. The second-order valence-electron chi connectivity index (χ2n) is 10.6. The van der Waals surface area contributed by atoms with Gasteiger partial charge in [0.1, 0.15) is 12.1 Å². The Balaban J connectivity index is 1.88. The number of para-hydroxylation sites is 1. The van der Waals surface area contributed by atoms with Gasteiger partial charge in [-0.1, -0.05) is 69.9 Å². The molecule has 3 aromatic carbocycles. The van der Waals surface area contributed by atoms with E-state index in [1.807, 2.05) is 0 Å². The van der Waals surface area contributed by atoms with Crippen molar-refractivity contribution < 1.29 is 40.8 Å². The number of nitro benzene ring substituents is 1. The third kappa shape index (κ3) is 10.4. The molecule has 0 saturated heterocycles. The van der Waals surface area contributed by atoms with Gasteiger partial charge in [-0.15, -0.1) is 0 Å². The summed E-state index contributed by atoms with van der Waals surface area (Å²) in [7, 11) is -9.05. The number of halogens is 1. The van der Waals surface area contributed by atoms with Crippen molar-refractivity contribution in [1.29, 1.82) is 0 Å². The minimum atomic E-state index is -4.86. The first kappa shape index (κ1) is 37.7. The molecule has 0 unspecified atom stereocenters. The first-order chi connectivity index (χ1) is 22.5. The second-order valence-corrected chi connectivity index (χ2v) is 15.3. The van der Waals surface area contributed by atoms with Crippen LogP contribution in [0.2, 0.25) is 0 Å². The summed E-state index contributed by atoms with van der Waals surface area (Å²) in [5.74, 6) is 9.63. The molecule has 0 bridgehead atoms. The molecule has 252 valence electrons. The molecule has 0 aliphatic heterocycles. The molecule has 16 heteroatoms. The zero-order valence-electron chi connectivity index (χ0n) is 26.0. The third-order valence-electron chi connectivity index (χ3n) is 5.95. The van der Waals surface area contributed by atoms with Crippen molar-refractivity contribution in [3.05, 3.63) is 99.0 Å². The number of nitrogens with zero attached hydrogens (tertiary/aromatic N) is 3. The SMILES string of the molecule is CC(C)(C)OC(=O)N(CC#CCN(CC#CCOC(=O)c1ccccc1)S(=O)(=O)c1ccc(Br)cc1)S(=O)(=O)c1ccccc1[N+](=O)[O-]. The maximum atomic E-state index is 13.5. The number of ether oxygens (including phenoxy) is 2. The molecule has 0 aromatic heterocycles. The Bertz CT molecular complexity index is 1990. The van der Waals surface area contributed by atoms with Gasteiger partial charge in [0.25, 0.3) is 15.7 Å². The van der Waals surface area contributed by atoms with Crippen LogP contribution in [0.25, 0.3) is 0 Å². The number of sulfonamides is 2. The van der Waals surface area contributed by atoms with Crippen LogP contribution in [0.3, 0.4) is 0 Å². The number of benzene rings is 3. The molecule has 0 aliphatic carbocycles. The van der Waals surface area contributed by atoms with E-state index in [1.165, 1.54) is 57.2 Å². The van der Waals surface area contributed by atoms with E-state index in [0.29, 0.717) is 10.0 Å². The standard InChI is InChI=1S/C32H30BrN3O10S2/c1-32(2,3)46-31(38)35(48(43,44)29-16-8-7-15-28(29)36(39)40)23-10-9-21-34(47(41,42)27-19-17-26(33)18-20-27)22-11-12-24-45-30(37)25-13-5-4-6-14-25/h4-8,13-20H,21-24H2,1-3H3. The Hall–Kier alpha value is -4.74. The summed E-state index contributed by atoms with van der Waals surface area (Å²) in [6.45, 7) is 2.48. The molecule has 13 nitrogen and oxygen atoms in total. The Morgan fingerprint density at radius 1 is 0.812 bits per heavy atom. The van der Waals surface area contributed by atoms with Crippen molar-refractivity contribution in [2.75, 3.05) is 26.2 Å². The number of hydrogen-bond donors (Lipinski definition) is 0. The van der Waals surface area contributed by atoms with Gasteiger partial charge >= 0.3 is 12.1 Å². The number of carbonyl (C=O) groups is 2. The van der Waals surface area contributed by atoms with E-state index in [-0.39, 0.29) is 22.4 Å². The third-order valence-corrected chi connectivity index (χ3v) is 10.0. The maximum absolute atomic E-state index is 13.5. The van der Waals surface area contributed by atoms with Crippen molar-refractivity contribution in [2.45, 2.75) is 36.2 Å². The van der Waals surface area contributed by atoms with Crippen LogP contribution in [0.1, 0.15) is 31.1 Å². The van der Waals surface area contributed by atoms with Crippen LogP contribution in [0, 0.1) is 33.8 Å². The highest BCUT2D eigenvalue weighted by Crippen LogP contribution is 2.27. The van der Waals surface area contributed by atoms with Gasteiger partial charge in [0.2, 0.25) is 10.0 Å². The molecule has 0 spiro atoms. The number of hydrogen-bond acceptors (Lipinski definition) is 10. The van der Waals surface area contributed by atoms with E-state index in [1.54, 1.807) is 30.3 Å². The summed E-state index contributed by atoms with van der Waals surface area (Å²) in [5.41, 5.74) is -1.58. The van der Waals surface area contributed by atoms with Gasteiger partial charge in [-0.25, -0.2) is 26.4 Å². The molecule has 0 atom stereocenters. The van der Waals surface area contributed by atoms with Crippen molar-refractivity contribution in [3.8, 4) is 23.7 Å². The average Bonchev–Trinajstić information content (AvgIpc) is 3.02. The fourth-order valence-electron chi connectivity index (χ4n) is 3.71. The van der Waals surface area contributed by atoms with Gasteiger partial charge in [-0.2, -0.15) is 8.61 Å². The van der Waals surface area contributed by atoms with Gasteiger partial charge in [0.15, 0.2) is 11.5 Å². The number of carbonyl (C=O) groups excluding carboxylic acids is 2. The molecule has 0 radical (unpaired) electrons. The van der Waals surface area contributed by atoms with Gasteiger partial charge in [0.05, 0.1) is 28.5 Å². The summed E-state index contributed by atoms with van der Waals surface area (Å²) in [6.07, 6.45) is -1.34. The molecule has 3 aromatic rings. The monoisotopic (exact) mass is 759 g/mol. The van der Waals surface area contributed by atoms with E-state index >= 15 is 0 Å². The minimum Gasteiger partial charge on any atom is -0.449 e. The molecule has 0 aliphatic rings. The molecule has 0 saturated carbocycles. The topological polar surface area (TPSA) is 170 Å². The molecular weight excluding hydrogens is 730 g/mol. The van der Waals surface area contributed by atoms with E-state index in [4.69, 9.17) is 9.47 Å². The number of esters is 1. The quantitative estimate of drug-likeness (QED) is 0.121. The molecular formula is C32H30BrN3O10S2. The van der Waals surface area contributed by atoms with E-state index < -0.39 is 66.3 Å². The minimum absolute atomic E-state index is 0.0841. The fourth-order valence-corrected chi connectivity index (χ4v) is 6.59. The number of nitro groups is 1. The molecule has 0 N–H and O–H groups in total. The second kappa shape index (κ2) is 16.4. The number of rotatable bonds is 10. The van der Waals surface area contributed by atoms with Gasteiger partial charge in [-0.05, 0) is 63.2 Å². The van der Waals surface area contributed by atoms with Gasteiger partial charge in [-0.3, -0.25) is 10.1 Å². The largest absolute Gasteiger partial charge is 0.449 e. The highest BCUT2D eigenvalue weighted by Gasteiger charge is 2.37. The van der Waals surface area contributed by atoms with Crippen molar-refractivity contribution in [1.82, 2.24) is 8.61 Å². The smallest absolute Gasteiger partial charge is 0.425 e. The van der Waals surface area contributed by atoms with Crippen LogP contribution in [0.4, 0.5) is 10.5 Å². The van der Waals surface area contributed by atoms with Crippen molar-refractivity contribution in [3.63, 3.8) is 0 Å². The summed E-state index contributed by atoms with van der Waals surface area (Å²) in [5, 5.41) is 11.6. The predicted octanol–water partition coefficient (Wildman–Crippen LogP) is 4.84. The Morgan fingerprint density at radius 2 is 1.38 bits per heavy atom. The van der Waals surface area contributed by atoms with Gasteiger partial charge in [0, 0.05) is 10.5 Å². The normalized spacial score (nSPS) is 11.4. The molecule has 1 amide bonds. The average molecular weight is 761 g/mol. The fraction of sp³-hybridized carbons (Fsp3) is 0.250. The maximum Gasteiger partial charge on any atom is 0.425 e. The lowest BCUT2D eigenvalue weighted by molar-refractivity contribution is -0.387. The summed E-state index contributed by atoms with van der Waals surface area (Å²) in [6, 6.07) is 18.5. The van der Waals surface area contributed by atoms with E-state index in [0.717, 1.165) is 16.4 Å². The highest BCUT2D eigenvalue weighted by atomic mass is 79.9. The van der Waals surface area contributed by atoms with Crippen LogP contribution < -0.4 is 0 Å². The van der Waals surface area contributed by atoms with Crippen molar-refractivity contribution in [2.24, 2.45) is 0 Å². The summed E-state index contributed by atoms with van der Waals surface area (Å²) >= 11 is 3.25. The molecule has 3 rings (SSSR count). The predicted molar refractivity (Wildman–Crippen MR) is 178 cm³/mol. The highest BCUT2D eigenvalue weighted by molar-refractivity contribution is 9.10. The zero-order chi connectivity index (χ0) is 35.5. The van der Waals surface area contributed by atoms with Crippen LogP contribution >= 0.6 is 15.9 Å². The van der Waals surface area contributed by atoms with E-state index in [2.05, 4.69) is 39.6 Å². The first-order valence-corrected chi connectivity index (χ1v) is 17.6. The van der Waals surface area contributed by atoms with E-state index in [9.17, 15) is 36.5 Å². The zero-order valence-corrected chi connectivity index (χ0v) is 29.2. The lowest BCUT2D eigenvalue weighted by atomic mass is 10.2. The van der Waals surface area contributed by atoms with Crippen LogP contribution in [-0.4, -0.2) is 74.3 Å². The Labute approximate surface area is 287 Å². The molecule has 48 heavy (non-hydrogen) atoms. The summed E-state index contributed by atoms with van der Waals surface area (Å²) < 4.78 is 66.1. The van der Waals surface area contributed by atoms with Crippen LogP contribution in [-0.2, 0) is 29.5 Å². The van der Waals surface area contributed by atoms with Crippen LogP contribution in [0.15, 0.2) is 93.1 Å². The van der Waals surface area contributed by atoms with Crippen LogP contribution in [0.5, 0.6) is 0 Å². The van der Waals surface area contributed by atoms with Crippen molar-refractivity contribution >= 4 is 53.7 Å². The Kier molecular flexibility index (Phi) is 12.9. The van der Waals surface area contributed by atoms with Gasteiger partial charge < -0.3 is 9.47 Å². The molecule has 0 heterocycles. The first-order valence-electron chi connectivity index (χ1n) is 13.9. The lowest BCUT2D eigenvalue weighted by Crippen LogP contribution is -2.41.